The fraction of sp³-hybridized carbons (Fsp3) is 0.348. The Balaban J connectivity index is 1.42. The molecule has 0 spiro atoms. The molecule has 0 unspecified atom stereocenters. The van der Waals surface area contributed by atoms with Crippen LogP contribution < -0.4 is 26.2 Å². The second kappa shape index (κ2) is 8.67. The molecule has 162 valence electrons. The predicted octanol–water partition coefficient (Wildman–Crippen LogP) is 2.12. The summed E-state index contributed by atoms with van der Waals surface area (Å²) in [7, 11) is 1.65. The summed E-state index contributed by atoms with van der Waals surface area (Å²) in [6.07, 6.45) is 1.67. The summed E-state index contributed by atoms with van der Waals surface area (Å²) in [6, 6.07) is 12.8. The van der Waals surface area contributed by atoms with Crippen LogP contribution in [-0.4, -0.2) is 41.7 Å². The zero-order valence-corrected chi connectivity index (χ0v) is 17.7. The van der Waals surface area contributed by atoms with Gasteiger partial charge in [-0.1, -0.05) is 0 Å². The molecule has 0 saturated carbocycles. The zero-order valence-electron chi connectivity index (χ0n) is 17.7. The maximum absolute atomic E-state index is 12.8. The van der Waals surface area contributed by atoms with Gasteiger partial charge in [0, 0.05) is 36.9 Å². The fourth-order valence-electron chi connectivity index (χ4n) is 4.03. The number of carbonyl (C=O) groups excluding carboxylic acids is 1. The molecule has 2 aromatic carbocycles. The third kappa shape index (κ3) is 4.19. The van der Waals surface area contributed by atoms with E-state index in [1.807, 2.05) is 24.3 Å². The van der Waals surface area contributed by atoms with Crippen molar-refractivity contribution in [3.63, 3.8) is 0 Å². The number of aromatic nitrogens is 2. The van der Waals surface area contributed by atoms with Gasteiger partial charge in [-0.3, -0.25) is 14.2 Å². The lowest BCUT2D eigenvalue weighted by molar-refractivity contribution is 0.0931. The Morgan fingerprint density at radius 1 is 1.13 bits per heavy atom. The summed E-state index contributed by atoms with van der Waals surface area (Å²) >= 11 is 0. The fourth-order valence-corrected chi connectivity index (χ4v) is 4.03. The van der Waals surface area contributed by atoms with E-state index in [0.29, 0.717) is 23.0 Å². The number of amides is 1. The second-order valence-corrected chi connectivity index (χ2v) is 7.67. The van der Waals surface area contributed by atoms with Crippen molar-refractivity contribution in [3.05, 3.63) is 68.9 Å². The molecule has 4 rings (SSSR count). The molecule has 0 radical (unpaired) electrons. The van der Waals surface area contributed by atoms with E-state index in [9.17, 15) is 14.4 Å². The first-order valence-corrected chi connectivity index (χ1v) is 10.5. The first-order valence-electron chi connectivity index (χ1n) is 10.5. The number of H-pyrrole nitrogens is 1. The molecule has 2 heterocycles. The highest BCUT2D eigenvalue weighted by Gasteiger charge is 2.22. The first-order chi connectivity index (χ1) is 15.0. The highest BCUT2D eigenvalue weighted by Crippen LogP contribution is 2.23. The Bertz CT molecular complexity index is 1200. The Morgan fingerprint density at radius 3 is 2.48 bits per heavy atom. The average Bonchev–Trinajstić information content (AvgIpc) is 2.79. The number of carbonyl (C=O) groups is 1. The van der Waals surface area contributed by atoms with Crippen LogP contribution in [0.15, 0.2) is 52.1 Å². The number of anilines is 1. The summed E-state index contributed by atoms with van der Waals surface area (Å²) < 4.78 is 6.34. The van der Waals surface area contributed by atoms with Crippen LogP contribution in [0, 0.1) is 0 Å². The summed E-state index contributed by atoms with van der Waals surface area (Å²) in [6.45, 7) is 3.73. The van der Waals surface area contributed by atoms with E-state index >= 15 is 0 Å². The molecule has 2 N–H and O–H groups in total. The van der Waals surface area contributed by atoms with Gasteiger partial charge in [-0.15, -0.1) is 0 Å². The molecule has 1 aromatic heterocycles. The second-order valence-electron chi connectivity index (χ2n) is 7.67. The number of ether oxygens (including phenoxy) is 1. The van der Waals surface area contributed by atoms with Crippen LogP contribution in [0.4, 0.5) is 5.69 Å². The van der Waals surface area contributed by atoms with Gasteiger partial charge in [0.05, 0.1) is 18.0 Å². The summed E-state index contributed by atoms with van der Waals surface area (Å²) in [5, 5.41) is 3.48. The smallest absolute Gasteiger partial charge is 0.328 e. The number of fused-ring (bicyclic) bond motifs is 1. The molecule has 8 heteroatoms. The number of hydrogen-bond acceptors (Lipinski definition) is 5. The highest BCUT2D eigenvalue weighted by molar-refractivity contribution is 5.97. The normalized spacial score (nSPS) is 14.6. The lowest BCUT2D eigenvalue weighted by atomic mass is 10.0. The summed E-state index contributed by atoms with van der Waals surface area (Å²) in [5.41, 5.74) is 1.13. The van der Waals surface area contributed by atoms with Crippen LogP contribution in [0.5, 0.6) is 5.75 Å². The third-order valence-corrected chi connectivity index (χ3v) is 5.83. The summed E-state index contributed by atoms with van der Waals surface area (Å²) in [4.78, 5) is 42.2. The number of benzene rings is 2. The van der Waals surface area contributed by atoms with Gasteiger partial charge in [0.1, 0.15) is 5.75 Å². The van der Waals surface area contributed by atoms with Crippen LogP contribution in [0.25, 0.3) is 10.9 Å². The van der Waals surface area contributed by atoms with Crippen LogP contribution in [0.2, 0.25) is 0 Å². The zero-order chi connectivity index (χ0) is 22.0. The van der Waals surface area contributed by atoms with Gasteiger partial charge in [0.2, 0.25) is 0 Å². The minimum Gasteiger partial charge on any atom is -0.497 e. The quantitative estimate of drug-likeness (QED) is 0.657. The van der Waals surface area contributed by atoms with Crippen LogP contribution in [-0.2, 0) is 6.54 Å². The number of methoxy groups -OCH3 is 1. The Hall–Kier alpha value is -3.55. The largest absolute Gasteiger partial charge is 0.497 e. The van der Waals surface area contributed by atoms with Gasteiger partial charge in [-0.05, 0) is 62.2 Å². The topological polar surface area (TPSA) is 96.4 Å². The molecule has 1 amide bonds. The standard InChI is InChI=1S/C23H26N4O4/c1-3-27-22(29)19-9-4-15(14-20(19)25-23(27)30)21(28)24-16-10-12-26(13-11-16)17-5-7-18(31-2)8-6-17/h4-9,14,16H,3,10-13H2,1-2H3,(H,24,28)(H,25,30). The van der Waals surface area contributed by atoms with Crippen molar-refractivity contribution in [1.29, 1.82) is 0 Å². The van der Waals surface area contributed by atoms with E-state index in [4.69, 9.17) is 4.74 Å². The number of aromatic amines is 1. The van der Waals surface area contributed by atoms with E-state index in [0.717, 1.165) is 41.9 Å². The average molecular weight is 422 g/mol. The van der Waals surface area contributed by atoms with Gasteiger partial charge in [-0.2, -0.15) is 0 Å². The van der Waals surface area contributed by atoms with Gasteiger partial charge >= 0.3 is 5.69 Å². The molecular weight excluding hydrogens is 396 g/mol. The highest BCUT2D eigenvalue weighted by atomic mass is 16.5. The van der Waals surface area contributed by atoms with Gasteiger partial charge in [0.25, 0.3) is 11.5 Å². The Kier molecular flexibility index (Phi) is 5.79. The van der Waals surface area contributed by atoms with E-state index in [-0.39, 0.29) is 17.5 Å². The van der Waals surface area contributed by atoms with E-state index in [1.165, 1.54) is 0 Å². The molecule has 3 aromatic rings. The number of nitrogens with zero attached hydrogens (tertiary/aromatic N) is 2. The minimum absolute atomic E-state index is 0.0739. The van der Waals surface area contributed by atoms with Crippen LogP contribution >= 0.6 is 0 Å². The monoisotopic (exact) mass is 422 g/mol. The van der Waals surface area contributed by atoms with Gasteiger partial charge in [-0.25, -0.2) is 4.79 Å². The molecule has 1 aliphatic heterocycles. The molecule has 1 aliphatic rings. The predicted molar refractivity (Wildman–Crippen MR) is 120 cm³/mol. The van der Waals surface area contributed by atoms with Crippen molar-refractivity contribution in [2.75, 3.05) is 25.1 Å². The molecule has 31 heavy (non-hydrogen) atoms. The van der Waals surface area contributed by atoms with E-state index in [2.05, 4.69) is 15.2 Å². The third-order valence-electron chi connectivity index (χ3n) is 5.83. The van der Waals surface area contributed by atoms with Crippen LogP contribution in [0.3, 0.4) is 0 Å². The number of nitrogens with one attached hydrogen (secondary N) is 2. The molecule has 0 aliphatic carbocycles. The minimum atomic E-state index is -0.469. The number of hydrogen-bond donors (Lipinski definition) is 2. The lowest BCUT2D eigenvalue weighted by Crippen LogP contribution is -2.44. The van der Waals surface area contributed by atoms with Crippen molar-refractivity contribution in [3.8, 4) is 5.75 Å². The van der Waals surface area contributed by atoms with Crippen molar-refractivity contribution in [2.45, 2.75) is 32.4 Å². The van der Waals surface area contributed by atoms with E-state index < -0.39 is 5.69 Å². The van der Waals surface area contributed by atoms with Crippen LogP contribution in [0.1, 0.15) is 30.1 Å². The SMILES string of the molecule is CCn1c(=O)[nH]c2cc(C(=O)NC3CCN(c4ccc(OC)cc4)CC3)ccc2c1=O. The first kappa shape index (κ1) is 20.7. The molecule has 0 bridgehead atoms. The van der Waals surface area contributed by atoms with Crippen molar-refractivity contribution in [2.24, 2.45) is 0 Å². The van der Waals surface area contributed by atoms with Crippen molar-refractivity contribution >= 4 is 22.5 Å². The van der Waals surface area contributed by atoms with Crippen molar-refractivity contribution < 1.29 is 9.53 Å². The molecular formula is C23H26N4O4. The lowest BCUT2D eigenvalue weighted by Gasteiger charge is -2.34. The van der Waals surface area contributed by atoms with E-state index in [1.54, 1.807) is 32.2 Å². The number of piperidine rings is 1. The number of rotatable bonds is 5. The van der Waals surface area contributed by atoms with Gasteiger partial charge < -0.3 is 19.9 Å². The Morgan fingerprint density at radius 2 is 1.84 bits per heavy atom. The maximum atomic E-state index is 12.8. The summed E-state index contributed by atoms with van der Waals surface area (Å²) in [5.74, 6) is 0.626. The van der Waals surface area contributed by atoms with Crippen molar-refractivity contribution in [1.82, 2.24) is 14.9 Å². The molecule has 1 fully saturated rings. The molecule has 8 nitrogen and oxygen atoms in total. The Labute approximate surface area is 179 Å². The van der Waals surface area contributed by atoms with Gasteiger partial charge in [0.15, 0.2) is 0 Å². The molecule has 0 atom stereocenters. The maximum Gasteiger partial charge on any atom is 0.328 e. The molecule has 1 saturated heterocycles.